The topological polar surface area (TPSA) is 83.5 Å². The molecule has 1 aliphatic rings. The van der Waals surface area contributed by atoms with Gasteiger partial charge < -0.3 is 24.7 Å². The molecule has 1 aromatic rings. The quantitative estimate of drug-likeness (QED) is 0.305. The highest BCUT2D eigenvalue weighted by Crippen LogP contribution is 2.52. The lowest BCUT2D eigenvalue weighted by atomic mass is 9.62. The van der Waals surface area contributed by atoms with E-state index in [1.54, 1.807) is 0 Å². The van der Waals surface area contributed by atoms with Gasteiger partial charge in [-0.3, -0.25) is 0 Å². The highest BCUT2D eigenvalue weighted by Gasteiger charge is 2.50. The second kappa shape index (κ2) is 8.99. The highest BCUT2D eigenvalue weighted by molar-refractivity contribution is 14.1. The Morgan fingerprint density at radius 2 is 1.53 bits per heavy atom. The van der Waals surface area contributed by atoms with Crippen LogP contribution in [0.25, 0.3) is 0 Å². The van der Waals surface area contributed by atoms with Crippen molar-refractivity contribution in [1.82, 2.24) is 4.90 Å². The lowest BCUT2D eigenvalue weighted by Crippen LogP contribution is -2.51. The van der Waals surface area contributed by atoms with Gasteiger partial charge >= 0.3 is 6.18 Å². The van der Waals surface area contributed by atoms with Crippen molar-refractivity contribution >= 4 is 34.5 Å². The van der Waals surface area contributed by atoms with Crippen LogP contribution in [0.5, 0.6) is 0 Å². The molecule has 0 aliphatic carbocycles. The number of allylic oxidation sites excluding steroid dienone is 2. The number of aliphatic carboxylic acids is 2. The maximum absolute atomic E-state index is 13.9. The summed E-state index contributed by atoms with van der Waals surface area (Å²) >= 11 is 2.10. The lowest BCUT2D eigenvalue weighted by Gasteiger charge is -2.48. The van der Waals surface area contributed by atoms with Crippen molar-refractivity contribution in [3.8, 4) is 0 Å². The van der Waals surface area contributed by atoms with Crippen LogP contribution in [0.4, 0.5) is 13.2 Å². The Labute approximate surface area is 186 Å². The number of carboxylic acids is 2. The molecule has 1 heterocycles. The number of hydrogen-bond acceptors (Lipinski definition) is 5. The van der Waals surface area contributed by atoms with Gasteiger partial charge in [0.2, 0.25) is 0 Å². The number of hydrogen-bond donors (Lipinski definition) is 0. The Hall–Kier alpha value is -2.04. The van der Waals surface area contributed by atoms with Crippen LogP contribution in [-0.4, -0.2) is 28.3 Å². The van der Waals surface area contributed by atoms with Crippen LogP contribution in [0.2, 0.25) is 0 Å². The molecule has 0 bridgehead atoms. The van der Waals surface area contributed by atoms with E-state index in [1.165, 1.54) is 37.9 Å². The summed E-state index contributed by atoms with van der Waals surface area (Å²) in [6.07, 6.45) is -4.07. The average Bonchev–Trinajstić information content (AvgIpc) is 2.65. The summed E-state index contributed by atoms with van der Waals surface area (Å²) in [7, 11) is 1.46. The molecule has 0 fully saturated rings. The first-order valence-corrected chi connectivity index (χ1v) is 10.8. The van der Waals surface area contributed by atoms with Gasteiger partial charge in [-0.05, 0) is 42.7 Å². The second-order valence-corrected chi connectivity index (χ2v) is 8.23. The van der Waals surface area contributed by atoms with E-state index in [9.17, 15) is 33.0 Å². The van der Waals surface area contributed by atoms with Crippen LogP contribution >= 0.6 is 22.6 Å². The fraction of sp³-hybridized carbons (Fsp3) is 0.429. The van der Waals surface area contributed by atoms with E-state index in [2.05, 4.69) is 22.6 Å². The third-order valence-electron chi connectivity index (χ3n) is 5.62. The van der Waals surface area contributed by atoms with Crippen molar-refractivity contribution in [3.63, 3.8) is 0 Å². The lowest BCUT2D eigenvalue weighted by molar-refractivity contribution is -0.301. The molecule has 164 valence electrons. The van der Waals surface area contributed by atoms with E-state index in [1.807, 2.05) is 0 Å². The predicted molar refractivity (Wildman–Crippen MR) is 109 cm³/mol. The van der Waals surface area contributed by atoms with Crippen molar-refractivity contribution in [1.29, 1.82) is 0 Å². The average molecular weight is 535 g/mol. The molecule has 0 aromatic heterocycles. The number of carbonyl (C=O) groups excluding carboxylic acids is 2. The predicted octanol–water partition coefficient (Wildman–Crippen LogP) is 2.54. The van der Waals surface area contributed by atoms with Gasteiger partial charge in [-0.15, -0.1) is 0 Å². The molecular formula is C21H21F3INO4-2. The standard InChI is InChI=1S/C21H23F3INO4/c1-12-16(18(27)28)20(10-6-7-11-25,17(19(29)30)13(2)26(12)3)14-8-4-5-9-15(14)21(22,23)24/h4-5,8-9H,6-7,10-11H2,1-3H3,(H,27,28)(H,29,30)/p-2. The van der Waals surface area contributed by atoms with Crippen LogP contribution in [0, 0.1) is 0 Å². The first-order valence-electron chi connectivity index (χ1n) is 9.23. The summed E-state index contributed by atoms with van der Waals surface area (Å²) in [5, 5.41) is 24.5. The minimum atomic E-state index is -4.81. The number of alkyl halides is 4. The van der Waals surface area contributed by atoms with Crippen molar-refractivity contribution in [2.24, 2.45) is 0 Å². The van der Waals surface area contributed by atoms with Gasteiger partial charge in [-0.1, -0.05) is 47.2 Å². The Bertz CT molecular complexity index is 883. The summed E-state index contributed by atoms with van der Waals surface area (Å²) in [6, 6.07) is 4.50. The first-order chi connectivity index (χ1) is 13.9. The van der Waals surface area contributed by atoms with E-state index in [4.69, 9.17) is 0 Å². The van der Waals surface area contributed by atoms with Crippen LogP contribution in [0.1, 0.15) is 44.2 Å². The zero-order valence-electron chi connectivity index (χ0n) is 16.7. The van der Waals surface area contributed by atoms with Crippen molar-refractivity contribution in [2.45, 2.75) is 44.7 Å². The van der Waals surface area contributed by atoms with Crippen LogP contribution in [0.3, 0.4) is 0 Å². The molecule has 9 heteroatoms. The number of nitrogens with zero attached hydrogens (tertiary/aromatic N) is 1. The van der Waals surface area contributed by atoms with Crippen molar-refractivity contribution < 1.29 is 33.0 Å². The SMILES string of the molecule is CC1=C(C(=O)[O-])C(CCCCI)(c2ccccc2C(F)(F)F)C(C(=O)[O-])=C(C)N1C. The Kier molecular flexibility index (Phi) is 7.26. The molecule has 0 saturated heterocycles. The van der Waals surface area contributed by atoms with E-state index in [0.717, 1.165) is 12.1 Å². The van der Waals surface area contributed by atoms with Gasteiger partial charge in [0.05, 0.1) is 22.9 Å². The maximum Gasteiger partial charge on any atom is 0.416 e. The van der Waals surface area contributed by atoms with Gasteiger partial charge in [0.1, 0.15) is 0 Å². The first kappa shape index (κ1) is 24.2. The molecule has 0 unspecified atom stereocenters. The van der Waals surface area contributed by atoms with Gasteiger partial charge in [0, 0.05) is 29.6 Å². The fourth-order valence-electron chi connectivity index (χ4n) is 4.21. The molecule has 0 atom stereocenters. The van der Waals surface area contributed by atoms with Crippen molar-refractivity contribution in [3.05, 3.63) is 57.9 Å². The second-order valence-electron chi connectivity index (χ2n) is 7.15. The van der Waals surface area contributed by atoms with E-state index >= 15 is 0 Å². The number of rotatable bonds is 7. The summed E-state index contributed by atoms with van der Waals surface area (Å²) < 4.78 is 42.4. The van der Waals surface area contributed by atoms with Gasteiger partial charge in [-0.2, -0.15) is 13.2 Å². The third kappa shape index (κ3) is 4.08. The molecule has 0 saturated carbocycles. The minimum absolute atomic E-state index is 0.129. The smallest absolute Gasteiger partial charge is 0.416 e. The fourth-order valence-corrected chi connectivity index (χ4v) is 4.75. The number of halogens is 4. The molecule has 0 N–H and O–H groups in total. The van der Waals surface area contributed by atoms with Gasteiger partial charge in [0.15, 0.2) is 0 Å². The molecule has 0 spiro atoms. The molecule has 1 aliphatic heterocycles. The summed E-state index contributed by atoms with van der Waals surface area (Å²) in [6.45, 7) is 2.87. The Balaban J connectivity index is 3.06. The maximum atomic E-state index is 13.9. The Morgan fingerprint density at radius 3 is 1.97 bits per heavy atom. The van der Waals surface area contributed by atoms with Crippen LogP contribution < -0.4 is 10.2 Å². The summed E-state index contributed by atoms with van der Waals surface area (Å²) in [4.78, 5) is 25.8. The highest BCUT2D eigenvalue weighted by atomic mass is 127. The minimum Gasteiger partial charge on any atom is -0.545 e. The number of benzene rings is 1. The van der Waals surface area contributed by atoms with Gasteiger partial charge in [-0.25, -0.2) is 0 Å². The number of unbranched alkanes of at least 4 members (excludes halogenated alkanes) is 1. The molecule has 0 radical (unpaired) electrons. The molecule has 0 amide bonds. The molecule has 5 nitrogen and oxygen atoms in total. The van der Waals surface area contributed by atoms with Crippen LogP contribution in [0.15, 0.2) is 46.8 Å². The number of carboxylic acid groups (broad SMARTS) is 2. The van der Waals surface area contributed by atoms with E-state index in [0.29, 0.717) is 17.3 Å². The molecule has 2 rings (SSSR count). The zero-order chi connectivity index (χ0) is 22.9. The zero-order valence-corrected chi connectivity index (χ0v) is 18.9. The Morgan fingerprint density at radius 1 is 1.03 bits per heavy atom. The largest absolute Gasteiger partial charge is 0.545 e. The molecule has 30 heavy (non-hydrogen) atoms. The monoisotopic (exact) mass is 535 g/mol. The summed E-state index contributed by atoms with van der Waals surface area (Å²) in [5.41, 5.74) is -4.28. The van der Waals surface area contributed by atoms with Crippen LogP contribution in [-0.2, 0) is 21.2 Å². The van der Waals surface area contributed by atoms with E-state index in [-0.39, 0.29) is 17.8 Å². The van der Waals surface area contributed by atoms with Gasteiger partial charge in [0.25, 0.3) is 0 Å². The number of carbonyl (C=O) groups is 2. The molecule has 1 aromatic carbocycles. The van der Waals surface area contributed by atoms with E-state index < -0.39 is 45.8 Å². The molecular weight excluding hydrogens is 514 g/mol. The normalized spacial score (nSPS) is 16.8. The van der Waals surface area contributed by atoms with Crippen molar-refractivity contribution in [2.75, 3.05) is 11.5 Å². The third-order valence-corrected chi connectivity index (χ3v) is 6.38. The summed E-state index contributed by atoms with van der Waals surface area (Å²) in [5.74, 6) is -3.42.